The smallest absolute Gasteiger partial charge is 0.310 e. The molecule has 1 amide bonds. The van der Waals surface area contributed by atoms with Crippen LogP contribution in [0, 0.1) is 10.1 Å². The second kappa shape index (κ2) is 11.5. The Kier molecular flexibility index (Phi) is 8.20. The van der Waals surface area contributed by atoms with Crippen molar-refractivity contribution in [2.24, 2.45) is 5.10 Å². The van der Waals surface area contributed by atoms with Gasteiger partial charge in [0.2, 0.25) is 0 Å². The number of hydrogen-bond acceptors (Lipinski definition) is 7. The SMILES string of the molecule is COc1cc(/C=N\NC(=O)COc2ccccc2[N+](=O)[O-])ccc1OCc1ccc(Cl)cc1. The predicted molar refractivity (Wildman–Crippen MR) is 123 cm³/mol. The largest absolute Gasteiger partial charge is 0.493 e. The zero-order valence-electron chi connectivity index (χ0n) is 17.6. The van der Waals surface area contributed by atoms with Crippen molar-refractivity contribution in [3.8, 4) is 17.2 Å². The van der Waals surface area contributed by atoms with Gasteiger partial charge >= 0.3 is 5.69 Å². The Bertz CT molecular complexity index is 1150. The molecule has 170 valence electrons. The summed E-state index contributed by atoms with van der Waals surface area (Å²) in [4.78, 5) is 22.3. The summed E-state index contributed by atoms with van der Waals surface area (Å²) >= 11 is 5.89. The molecule has 3 rings (SSSR count). The van der Waals surface area contributed by atoms with E-state index < -0.39 is 17.4 Å². The van der Waals surface area contributed by atoms with E-state index in [2.05, 4.69) is 10.5 Å². The van der Waals surface area contributed by atoms with E-state index >= 15 is 0 Å². The Balaban J connectivity index is 1.53. The first-order valence-corrected chi connectivity index (χ1v) is 10.1. The van der Waals surface area contributed by atoms with Gasteiger partial charge in [0.15, 0.2) is 23.9 Å². The van der Waals surface area contributed by atoms with Gasteiger partial charge in [-0.15, -0.1) is 0 Å². The lowest BCUT2D eigenvalue weighted by molar-refractivity contribution is -0.385. The van der Waals surface area contributed by atoms with E-state index in [9.17, 15) is 14.9 Å². The molecular formula is C23H20ClN3O6. The third kappa shape index (κ3) is 6.94. The van der Waals surface area contributed by atoms with Crippen LogP contribution in [0.25, 0.3) is 0 Å². The first-order chi connectivity index (χ1) is 16.0. The van der Waals surface area contributed by atoms with Crippen molar-refractivity contribution >= 4 is 29.4 Å². The molecule has 0 spiro atoms. The number of rotatable bonds is 10. The summed E-state index contributed by atoms with van der Waals surface area (Å²) in [7, 11) is 1.52. The molecule has 0 aliphatic carbocycles. The summed E-state index contributed by atoms with van der Waals surface area (Å²) < 4.78 is 16.4. The number of ether oxygens (including phenoxy) is 3. The maximum atomic E-state index is 11.9. The van der Waals surface area contributed by atoms with E-state index in [-0.39, 0.29) is 11.4 Å². The zero-order chi connectivity index (χ0) is 23.6. The van der Waals surface area contributed by atoms with Crippen LogP contribution in [0.3, 0.4) is 0 Å². The van der Waals surface area contributed by atoms with Crippen molar-refractivity contribution in [3.63, 3.8) is 0 Å². The van der Waals surface area contributed by atoms with Gasteiger partial charge < -0.3 is 14.2 Å². The summed E-state index contributed by atoms with van der Waals surface area (Å²) in [5, 5.41) is 15.5. The Labute approximate surface area is 194 Å². The molecule has 3 aromatic carbocycles. The molecule has 9 nitrogen and oxygen atoms in total. The number of nitro groups is 1. The Hall–Kier alpha value is -4.11. The summed E-state index contributed by atoms with van der Waals surface area (Å²) in [5.74, 6) is 0.477. The van der Waals surface area contributed by atoms with E-state index in [0.29, 0.717) is 28.7 Å². The molecule has 0 radical (unpaired) electrons. The fraction of sp³-hybridized carbons (Fsp3) is 0.130. The average Bonchev–Trinajstić information content (AvgIpc) is 2.83. The molecule has 33 heavy (non-hydrogen) atoms. The maximum Gasteiger partial charge on any atom is 0.310 e. The number of carbonyl (C=O) groups is 1. The number of halogens is 1. The highest BCUT2D eigenvalue weighted by Gasteiger charge is 2.14. The molecule has 3 aromatic rings. The second-order valence-electron chi connectivity index (χ2n) is 6.63. The van der Waals surface area contributed by atoms with Gasteiger partial charge in [-0.1, -0.05) is 35.9 Å². The summed E-state index contributed by atoms with van der Waals surface area (Å²) in [6, 6.07) is 18.3. The van der Waals surface area contributed by atoms with Crippen LogP contribution in [0.1, 0.15) is 11.1 Å². The van der Waals surface area contributed by atoms with Crippen molar-refractivity contribution in [2.75, 3.05) is 13.7 Å². The van der Waals surface area contributed by atoms with Crippen LogP contribution in [0.15, 0.2) is 71.8 Å². The molecule has 0 bridgehead atoms. The monoisotopic (exact) mass is 469 g/mol. The van der Waals surface area contributed by atoms with Crippen molar-refractivity contribution in [2.45, 2.75) is 6.61 Å². The van der Waals surface area contributed by atoms with Crippen LogP contribution in [0.5, 0.6) is 17.2 Å². The van der Waals surface area contributed by atoms with E-state index in [1.807, 2.05) is 12.1 Å². The molecule has 1 N–H and O–H groups in total. The fourth-order valence-corrected chi connectivity index (χ4v) is 2.84. The van der Waals surface area contributed by atoms with Crippen molar-refractivity contribution in [1.29, 1.82) is 0 Å². The van der Waals surface area contributed by atoms with Gasteiger partial charge in [0.05, 0.1) is 18.2 Å². The Morgan fingerprint density at radius 2 is 1.82 bits per heavy atom. The first kappa shape index (κ1) is 23.6. The number of methoxy groups -OCH3 is 1. The number of para-hydroxylation sites is 2. The number of nitrogens with one attached hydrogen (secondary N) is 1. The standard InChI is InChI=1S/C23H20ClN3O6/c1-31-22-12-17(8-11-21(22)32-14-16-6-9-18(24)10-7-16)13-25-26-23(28)15-33-20-5-3-2-4-19(20)27(29)30/h2-13H,14-15H2,1H3,(H,26,28)/b25-13-. The highest BCUT2D eigenvalue weighted by atomic mass is 35.5. The zero-order valence-corrected chi connectivity index (χ0v) is 18.3. The molecule has 0 unspecified atom stereocenters. The number of amides is 1. The van der Waals surface area contributed by atoms with Crippen LogP contribution in [-0.4, -0.2) is 30.8 Å². The van der Waals surface area contributed by atoms with E-state index in [0.717, 1.165) is 5.56 Å². The van der Waals surface area contributed by atoms with Gasteiger partial charge in [-0.05, 0) is 47.5 Å². The Morgan fingerprint density at radius 1 is 1.06 bits per heavy atom. The number of hydrazone groups is 1. The molecule has 0 saturated carbocycles. The van der Waals surface area contributed by atoms with E-state index in [1.54, 1.807) is 36.4 Å². The van der Waals surface area contributed by atoms with Crippen molar-refractivity contribution in [3.05, 3.63) is 93.0 Å². The van der Waals surface area contributed by atoms with Crippen LogP contribution in [0.2, 0.25) is 5.02 Å². The van der Waals surface area contributed by atoms with Gasteiger partial charge in [0, 0.05) is 11.1 Å². The van der Waals surface area contributed by atoms with Crippen LogP contribution in [-0.2, 0) is 11.4 Å². The first-order valence-electron chi connectivity index (χ1n) is 9.69. The second-order valence-corrected chi connectivity index (χ2v) is 7.07. The average molecular weight is 470 g/mol. The van der Waals surface area contributed by atoms with Crippen LogP contribution in [0.4, 0.5) is 5.69 Å². The minimum Gasteiger partial charge on any atom is -0.493 e. The highest BCUT2D eigenvalue weighted by Crippen LogP contribution is 2.28. The molecular weight excluding hydrogens is 450 g/mol. The van der Waals surface area contributed by atoms with E-state index in [4.69, 9.17) is 25.8 Å². The predicted octanol–water partition coefficient (Wildman–Crippen LogP) is 4.36. The quantitative estimate of drug-likeness (QED) is 0.268. The van der Waals surface area contributed by atoms with Gasteiger partial charge in [0.1, 0.15) is 6.61 Å². The molecule has 0 aromatic heterocycles. The lowest BCUT2D eigenvalue weighted by Crippen LogP contribution is -2.24. The molecule has 0 fully saturated rings. The number of nitrogens with zero attached hydrogens (tertiary/aromatic N) is 2. The third-order valence-corrected chi connectivity index (χ3v) is 4.57. The topological polar surface area (TPSA) is 112 Å². The molecule has 0 aliphatic rings. The third-order valence-electron chi connectivity index (χ3n) is 4.32. The molecule has 0 heterocycles. The number of nitro benzene ring substituents is 1. The van der Waals surface area contributed by atoms with Crippen LogP contribution >= 0.6 is 11.6 Å². The maximum absolute atomic E-state index is 11.9. The molecule has 0 aliphatic heterocycles. The van der Waals surface area contributed by atoms with Crippen molar-refractivity contribution in [1.82, 2.24) is 5.43 Å². The minimum absolute atomic E-state index is 0.000514. The number of benzene rings is 3. The fourth-order valence-electron chi connectivity index (χ4n) is 2.71. The van der Waals surface area contributed by atoms with Gasteiger partial charge in [-0.3, -0.25) is 14.9 Å². The van der Waals surface area contributed by atoms with E-state index in [1.165, 1.54) is 31.5 Å². The highest BCUT2D eigenvalue weighted by molar-refractivity contribution is 6.30. The summed E-state index contributed by atoms with van der Waals surface area (Å²) in [6.07, 6.45) is 1.42. The normalized spacial score (nSPS) is 10.6. The molecule has 10 heteroatoms. The Morgan fingerprint density at radius 3 is 2.55 bits per heavy atom. The minimum atomic E-state index is -0.582. The summed E-state index contributed by atoms with van der Waals surface area (Å²) in [6.45, 7) is -0.0837. The number of hydrogen-bond donors (Lipinski definition) is 1. The molecule has 0 atom stereocenters. The summed E-state index contributed by atoms with van der Waals surface area (Å²) in [5.41, 5.74) is 3.70. The van der Waals surface area contributed by atoms with Crippen molar-refractivity contribution < 1.29 is 23.9 Å². The van der Waals surface area contributed by atoms with Gasteiger partial charge in [0.25, 0.3) is 5.91 Å². The lowest BCUT2D eigenvalue weighted by atomic mass is 10.2. The lowest BCUT2D eigenvalue weighted by Gasteiger charge is -2.11. The van der Waals surface area contributed by atoms with Gasteiger partial charge in [-0.2, -0.15) is 5.10 Å². The van der Waals surface area contributed by atoms with Gasteiger partial charge in [-0.25, -0.2) is 5.43 Å². The molecule has 0 saturated heterocycles. The number of carbonyl (C=O) groups excluding carboxylic acids is 1. The van der Waals surface area contributed by atoms with Crippen LogP contribution < -0.4 is 19.6 Å².